The highest BCUT2D eigenvalue weighted by Gasteiger charge is 2.28. The number of nitrogens with zero attached hydrogens (tertiary/aromatic N) is 8. The zero-order valence-corrected chi connectivity index (χ0v) is 20.0. The Morgan fingerprint density at radius 2 is 1.50 bits per heavy atom. The zero-order valence-electron chi connectivity index (χ0n) is 20.0. The van der Waals surface area contributed by atoms with Crippen molar-refractivity contribution in [2.45, 2.75) is 32.0 Å². The van der Waals surface area contributed by atoms with Crippen molar-refractivity contribution < 1.29 is 4.74 Å². The van der Waals surface area contributed by atoms with Crippen LogP contribution in [0.2, 0.25) is 0 Å². The summed E-state index contributed by atoms with van der Waals surface area (Å²) in [5, 5.41) is 0. The van der Waals surface area contributed by atoms with E-state index in [9.17, 15) is 0 Å². The molecule has 0 saturated carbocycles. The van der Waals surface area contributed by atoms with E-state index in [1.807, 2.05) is 0 Å². The predicted molar refractivity (Wildman–Crippen MR) is 133 cm³/mol. The van der Waals surface area contributed by atoms with Gasteiger partial charge in [0, 0.05) is 45.3 Å². The molecule has 2 fully saturated rings. The third-order valence-electron chi connectivity index (χ3n) is 7.36. The van der Waals surface area contributed by atoms with Crippen LogP contribution in [0.15, 0.2) is 30.6 Å². The second-order valence-electron chi connectivity index (χ2n) is 9.65. The van der Waals surface area contributed by atoms with Gasteiger partial charge in [-0.15, -0.1) is 0 Å². The van der Waals surface area contributed by atoms with E-state index in [1.165, 1.54) is 11.1 Å². The molecule has 3 aromatic rings. The number of morpholine rings is 1. The maximum Gasteiger partial charge on any atom is 0.228 e. The molecule has 0 atom stereocenters. The van der Waals surface area contributed by atoms with Crippen LogP contribution in [-0.2, 0) is 17.8 Å². The minimum Gasteiger partial charge on any atom is -0.378 e. The Hall–Kier alpha value is -3.04. The number of hydrogen-bond donors (Lipinski definition) is 0. The largest absolute Gasteiger partial charge is 0.378 e. The van der Waals surface area contributed by atoms with Gasteiger partial charge in [0.1, 0.15) is 17.4 Å². The second-order valence-corrected chi connectivity index (χ2v) is 9.65. The quantitative estimate of drug-likeness (QED) is 0.583. The van der Waals surface area contributed by atoms with Gasteiger partial charge in [-0.1, -0.05) is 24.3 Å². The van der Waals surface area contributed by atoms with Crippen LogP contribution in [0.25, 0.3) is 11.0 Å². The first kappa shape index (κ1) is 21.5. The highest BCUT2D eigenvalue weighted by Crippen LogP contribution is 2.34. The second kappa shape index (κ2) is 8.96. The molecular weight excluding hydrogens is 428 g/mol. The molecule has 0 radical (unpaired) electrons. The van der Waals surface area contributed by atoms with Crippen molar-refractivity contribution in [2.75, 3.05) is 68.2 Å². The Morgan fingerprint density at radius 3 is 2.18 bits per heavy atom. The SMILES string of the molecule is CN(C)C1CCN(c2nc(N3CCOCC3)c3ncnc(N4Cc5ccccc5C4)c3n2)CC1. The number of rotatable bonds is 4. The van der Waals surface area contributed by atoms with E-state index < -0.39 is 0 Å². The topological polar surface area (TPSA) is 73.8 Å². The van der Waals surface area contributed by atoms with E-state index >= 15 is 0 Å². The van der Waals surface area contributed by atoms with Crippen molar-refractivity contribution in [3.05, 3.63) is 41.7 Å². The molecule has 0 amide bonds. The zero-order chi connectivity index (χ0) is 23.1. The third kappa shape index (κ3) is 3.92. The first-order valence-corrected chi connectivity index (χ1v) is 12.3. The number of anilines is 3. The van der Waals surface area contributed by atoms with Crippen molar-refractivity contribution in [3.8, 4) is 0 Å². The van der Waals surface area contributed by atoms with Crippen LogP contribution >= 0.6 is 0 Å². The first-order chi connectivity index (χ1) is 16.7. The lowest BCUT2D eigenvalue weighted by atomic mass is 10.0. The molecule has 5 heterocycles. The van der Waals surface area contributed by atoms with Crippen LogP contribution in [0.1, 0.15) is 24.0 Å². The van der Waals surface area contributed by atoms with E-state index in [-0.39, 0.29) is 0 Å². The van der Waals surface area contributed by atoms with Gasteiger partial charge >= 0.3 is 0 Å². The Balaban J connectivity index is 1.41. The van der Waals surface area contributed by atoms with Crippen LogP contribution in [-0.4, -0.2) is 84.4 Å². The van der Waals surface area contributed by atoms with E-state index in [0.717, 1.165) is 80.7 Å². The first-order valence-electron chi connectivity index (χ1n) is 12.3. The molecule has 178 valence electrons. The molecule has 34 heavy (non-hydrogen) atoms. The molecule has 3 aliphatic heterocycles. The number of hydrogen-bond acceptors (Lipinski definition) is 9. The van der Waals surface area contributed by atoms with Crippen LogP contribution in [0.3, 0.4) is 0 Å². The molecule has 0 unspecified atom stereocenters. The molecule has 3 aliphatic rings. The van der Waals surface area contributed by atoms with E-state index in [4.69, 9.17) is 19.7 Å². The van der Waals surface area contributed by atoms with Gasteiger partial charge in [-0.3, -0.25) is 0 Å². The minimum atomic E-state index is 0.609. The van der Waals surface area contributed by atoms with Gasteiger partial charge in [0.05, 0.1) is 13.2 Å². The number of aromatic nitrogens is 4. The summed E-state index contributed by atoms with van der Waals surface area (Å²) in [6.45, 7) is 6.60. The lowest BCUT2D eigenvalue weighted by molar-refractivity contribution is 0.122. The van der Waals surface area contributed by atoms with Crippen molar-refractivity contribution in [2.24, 2.45) is 0 Å². The Bertz CT molecular complexity index is 1150. The van der Waals surface area contributed by atoms with Gasteiger partial charge < -0.3 is 24.3 Å². The Kier molecular flexibility index (Phi) is 5.66. The summed E-state index contributed by atoms with van der Waals surface area (Å²) >= 11 is 0. The fourth-order valence-electron chi connectivity index (χ4n) is 5.34. The number of piperidine rings is 1. The smallest absolute Gasteiger partial charge is 0.228 e. The van der Waals surface area contributed by atoms with Crippen molar-refractivity contribution in [1.82, 2.24) is 24.8 Å². The minimum absolute atomic E-state index is 0.609. The summed E-state index contributed by atoms with van der Waals surface area (Å²) in [5.41, 5.74) is 4.37. The maximum absolute atomic E-state index is 5.61. The van der Waals surface area contributed by atoms with Crippen LogP contribution < -0.4 is 14.7 Å². The molecule has 0 bridgehead atoms. The summed E-state index contributed by atoms with van der Waals surface area (Å²) in [6.07, 6.45) is 3.89. The van der Waals surface area contributed by atoms with Crippen LogP contribution in [0.4, 0.5) is 17.6 Å². The number of benzene rings is 1. The van der Waals surface area contributed by atoms with Gasteiger partial charge in [-0.05, 0) is 38.1 Å². The lowest BCUT2D eigenvalue weighted by Crippen LogP contribution is -2.43. The van der Waals surface area contributed by atoms with Gasteiger partial charge in [0.25, 0.3) is 0 Å². The summed E-state index contributed by atoms with van der Waals surface area (Å²) in [6, 6.07) is 9.22. The maximum atomic E-state index is 5.61. The molecule has 0 spiro atoms. The van der Waals surface area contributed by atoms with E-state index in [2.05, 4.69) is 62.9 Å². The van der Waals surface area contributed by atoms with Crippen molar-refractivity contribution >= 4 is 28.6 Å². The molecule has 2 saturated heterocycles. The third-order valence-corrected chi connectivity index (χ3v) is 7.36. The summed E-state index contributed by atoms with van der Waals surface area (Å²) < 4.78 is 5.61. The monoisotopic (exact) mass is 460 g/mol. The standard InChI is InChI=1S/C25H32N8O/c1-30(2)20-7-9-32(10-8-20)25-28-22-21(24(29-25)31-11-13-34-14-12-31)26-17-27-23(22)33-15-18-5-3-4-6-19(18)16-33/h3-6,17,20H,7-16H2,1-2H3. The molecular formula is C25H32N8O. The predicted octanol–water partition coefficient (Wildman–Crippen LogP) is 2.31. The molecule has 1 aromatic carbocycles. The van der Waals surface area contributed by atoms with Crippen molar-refractivity contribution in [3.63, 3.8) is 0 Å². The normalized spacial score (nSPS) is 19.3. The molecule has 9 heteroatoms. The molecule has 0 N–H and O–H groups in total. The molecule has 0 aliphatic carbocycles. The lowest BCUT2D eigenvalue weighted by Gasteiger charge is -2.36. The highest BCUT2D eigenvalue weighted by molar-refractivity contribution is 5.94. The van der Waals surface area contributed by atoms with Crippen LogP contribution in [0.5, 0.6) is 0 Å². The van der Waals surface area contributed by atoms with Crippen molar-refractivity contribution in [1.29, 1.82) is 0 Å². The van der Waals surface area contributed by atoms with Gasteiger partial charge in [0.2, 0.25) is 5.95 Å². The van der Waals surface area contributed by atoms with E-state index in [1.54, 1.807) is 6.33 Å². The highest BCUT2D eigenvalue weighted by atomic mass is 16.5. The fraction of sp³-hybridized carbons (Fsp3) is 0.520. The van der Waals surface area contributed by atoms with Gasteiger partial charge in [-0.25, -0.2) is 15.0 Å². The average molecular weight is 461 g/mol. The molecule has 2 aromatic heterocycles. The average Bonchev–Trinajstić information content (AvgIpc) is 3.32. The number of fused-ring (bicyclic) bond motifs is 2. The summed E-state index contributed by atoms with van der Waals surface area (Å²) in [5.74, 6) is 2.58. The molecule has 6 rings (SSSR count). The van der Waals surface area contributed by atoms with Gasteiger partial charge in [-0.2, -0.15) is 4.98 Å². The Labute approximate surface area is 200 Å². The fourth-order valence-corrected chi connectivity index (χ4v) is 5.34. The summed E-state index contributed by atoms with van der Waals surface area (Å²) in [7, 11) is 4.34. The molecule has 9 nitrogen and oxygen atoms in total. The Morgan fingerprint density at radius 1 is 0.794 bits per heavy atom. The van der Waals surface area contributed by atoms with Crippen LogP contribution in [0, 0.1) is 0 Å². The summed E-state index contributed by atoms with van der Waals surface area (Å²) in [4.78, 5) is 28.9. The van der Waals surface area contributed by atoms with Gasteiger partial charge in [0.15, 0.2) is 11.6 Å². The van der Waals surface area contributed by atoms with E-state index in [0.29, 0.717) is 19.3 Å². The number of ether oxygens (including phenoxy) is 1.